The Balaban J connectivity index is 2.06. The van der Waals surface area contributed by atoms with Gasteiger partial charge in [-0.2, -0.15) is 0 Å². The summed E-state index contributed by atoms with van der Waals surface area (Å²) in [5.41, 5.74) is 3.31. The van der Waals surface area contributed by atoms with Gasteiger partial charge in [0.15, 0.2) is 0 Å². The van der Waals surface area contributed by atoms with Crippen molar-refractivity contribution in [1.29, 1.82) is 0 Å². The second-order valence-corrected chi connectivity index (χ2v) is 4.94. The first-order valence-corrected chi connectivity index (χ1v) is 6.71. The van der Waals surface area contributed by atoms with Gasteiger partial charge in [0.05, 0.1) is 0 Å². The first kappa shape index (κ1) is 13.8. The van der Waals surface area contributed by atoms with Gasteiger partial charge < -0.3 is 5.32 Å². The van der Waals surface area contributed by atoms with E-state index < -0.39 is 0 Å². The van der Waals surface area contributed by atoms with Crippen LogP contribution in [0, 0.1) is 5.82 Å². The van der Waals surface area contributed by atoms with Crippen molar-refractivity contribution < 1.29 is 4.39 Å². The van der Waals surface area contributed by atoms with Gasteiger partial charge in [-0.05, 0) is 55.6 Å². The van der Waals surface area contributed by atoms with Crippen molar-refractivity contribution in [2.75, 3.05) is 7.05 Å². The van der Waals surface area contributed by atoms with Gasteiger partial charge in [-0.3, -0.25) is 0 Å². The first-order chi connectivity index (χ1) is 9.19. The van der Waals surface area contributed by atoms with Crippen LogP contribution in [-0.4, -0.2) is 13.1 Å². The Morgan fingerprint density at radius 1 is 1.05 bits per heavy atom. The molecule has 0 saturated carbocycles. The van der Waals surface area contributed by atoms with E-state index in [1.165, 1.54) is 11.6 Å². The Morgan fingerprint density at radius 2 is 1.79 bits per heavy atom. The van der Waals surface area contributed by atoms with E-state index in [2.05, 4.69) is 36.5 Å². The van der Waals surface area contributed by atoms with Crippen LogP contribution >= 0.6 is 0 Å². The smallest absolute Gasteiger partial charge is 0.123 e. The molecule has 0 aliphatic heterocycles. The van der Waals surface area contributed by atoms with Crippen molar-refractivity contribution >= 4 is 0 Å². The lowest BCUT2D eigenvalue weighted by molar-refractivity contribution is 0.565. The molecular weight excluding hydrogens is 237 g/mol. The summed E-state index contributed by atoms with van der Waals surface area (Å²) < 4.78 is 13.2. The van der Waals surface area contributed by atoms with Crippen LogP contribution in [0.3, 0.4) is 0 Å². The van der Waals surface area contributed by atoms with Crippen LogP contribution in [0.5, 0.6) is 0 Å². The van der Waals surface area contributed by atoms with Crippen LogP contribution in [-0.2, 0) is 6.42 Å². The third-order valence-electron chi connectivity index (χ3n) is 3.47. The maximum Gasteiger partial charge on any atom is 0.123 e. The maximum absolute atomic E-state index is 13.2. The van der Waals surface area contributed by atoms with Gasteiger partial charge in [-0.1, -0.05) is 36.4 Å². The van der Waals surface area contributed by atoms with E-state index in [4.69, 9.17) is 0 Å². The van der Waals surface area contributed by atoms with Gasteiger partial charge in [-0.25, -0.2) is 4.39 Å². The van der Waals surface area contributed by atoms with Gasteiger partial charge in [-0.15, -0.1) is 0 Å². The van der Waals surface area contributed by atoms with Gasteiger partial charge in [0, 0.05) is 6.04 Å². The molecule has 100 valence electrons. The minimum Gasteiger partial charge on any atom is -0.317 e. The Morgan fingerprint density at radius 3 is 2.42 bits per heavy atom. The van der Waals surface area contributed by atoms with Crippen LogP contribution in [0.25, 0.3) is 11.1 Å². The van der Waals surface area contributed by atoms with E-state index in [0.29, 0.717) is 6.04 Å². The Bertz CT molecular complexity index is 519. The summed E-state index contributed by atoms with van der Waals surface area (Å²) in [6.07, 6.45) is 2.18. The summed E-state index contributed by atoms with van der Waals surface area (Å²) in [5, 5.41) is 3.24. The van der Waals surface area contributed by atoms with E-state index in [9.17, 15) is 4.39 Å². The lowest BCUT2D eigenvalue weighted by Crippen LogP contribution is -2.21. The fourth-order valence-corrected chi connectivity index (χ4v) is 2.06. The molecule has 0 aromatic heterocycles. The molecule has 2 rings (SSSR count). The quantitative estimate of drug-likeness (QED) is 0.852. The van der Waals surface area contributed by atoms with Gasteiger partial charge in [0.2, 0.25) is 0 Å². The summed E-state index contributed by atoms with van der Waals surface area (Å²) in [4.78, 5) is 0. The topological polar surface area (TPSA) is 12.0 Å². The molecule has 0 heterocycles. The molecule has 0 bridgehead atoms. The molecule has 1 unspecified atom stereocenters. The van der Waals surface area contributed by atoms with Crippen molar-refractivity contribution in [2.24, 2.45) is 0 Å². The molecule has 0 aliphatic carbocycles. The summed E-state index contributed by atoms with van der Waals surface area (Å²) in [6.45, 7) is 2.18. The average Bonchev–Trinajstić information content (AvgIpc) is 2.45. The van der Waals surface area contributed by atoms with Crippen LogP contribution < -0.4 is 5.32 Å². The Hall–Kier alpha value is -1.67. The zero-order chi connectivity index (χ0) is 13.7. The second kappa shape index (κ2) is 6.48. The molecule has 2 aromatic carbocycles. The zero-order valence-electron chi connectivity index (χ0n) is 11.5. The number of hydrogen-bond acceptors (Lipinski definition) is 1. The monoisotopic (exact) mass is 257 g/mol. The Kier molecular flexibility index (Phi) is 4.69. The fourth-order valence-electron chi connectivity index (χ4n) is 2.06. The van der Waals surface area contributed by atoms with Gasteiger partial charge in [0.1, 0.15) is 5.82 Å². The second-order valence-electron chi connectivity index (χ2n) is 4.94. The van der Waals surface area contributed by atoms with Crippen molar-refractivity contribution in [3.8, 4) is 11.1 Å². The van der Waals surface area contributed by atoms with Crippen molar-refractivity contribution in [2.45, 2.75) is 25.8 Å². The SMILES string of the molecule is CNC(C)CCc1ccc(-c2cccc(F)c2)cc1. The molecule has 0 aliphatic rings. The lowest BCUT2D eigenvalue weighted by atomic mass is 10.0. The minimum absolute atomic E-state index is 0.190. The zero-order valence-corrected chi connectivity index (χ0v) is 11.5. The highest BCUT2D eigenvalue weighted by Crippen LogP contribution is 2.21. The van der Waals surface area contributed by atoms with E-state index in [0.717, 1.165) is 24.0 Å². The molecular formula is C17H20FN. The summed E-state index contributed by atoms with van der Waals surface area (Å²) in [5.74, 6) is -0.190. The molecule has 19 heavy (non-hydrogen) atoms. The maximum atomic E-state index is 13.2. The molecule has 0 fully saturated rings. The molecule has 1 N–H and O–H groups in total. The Labute approximate surface area is 114 Å². The van der Waals surface area contributed by atoms with E-state index in [1.807, 2.05) is 13.1 Å². The predicted molar refractivity (Wildman–Crippen MR) is 78.7 cm³/mol. The van der Waals surface area contributed by atoms with Crippen LogP contribution in [0.15, 0.2) is 48.5 Å². The molecule has 1 nitrogen and oxygen atoms in total. The van der Waals surface area contributed by atoms with Crippen molar-refractivity contribution in [3.05, 3.63) is 59.9 Å². The molecule has 0 saturated heterocycles. The van der Waals surface area contributed by atoms with Gasteiger partial charge in [0.25, 0.3) is 0 Å². The summed E-state index contributed by atoms with van der Waals surface area (Å²) >= 11 is 0. The highest BCUT2D eigenvalue weighted by Gasteiger charge is 2.02. The minimum atomic E-state index is -0.190. The van der Waals surface area contributed by atoms with E-state index in [1.54, 1.807) is 12.1 Å². The van der Waals surface area contributed by atoms with Crippen molar-refractivity contribution in [1.82, 2.24) is 5.32 Å². The summed E-state index contributed by atoms with van der Waals surface area (Å²) in [6, 6.07) is 15.6. The molecule has 1 atom stereocenters. The normalized spacial score (nSPS) is 12.4. The lowest BCUT2D eigenvalue weighted by Gasteiger charge is -2.10. The molecule has 0 amide bonds. The number of hydrogen-bond donors (Lipinski definition) is 1. The van der Waals surface area contributed by atoms with Crippen LogP contribution in [0.1, 0.15) is 18.9 Å². The molecule has 2 aromatic rings. The number of benzene rings is 2. The standard InChI is InChI=1S/C17H20FN/c1-13(19-2)6-7-14-8-10-15(11-9-14)16-4-3-5-17(18)12-16/h3-5,8-13,19H,6-7H2,1-2H3. The third kappa shape index (κ3) is 3.90. The first-order valence-electron chi connectivity index (χ1n) is 6.71. The molecule has 2 heteroatoms. The fraction of sp³-hybridized carbons (Fsp3) is 0.294. The molecule has 0 spiro atoms. The van der Waals surface area contributed by atoms with Gasteiger partial charge >= 0.3 is 0 Å². The average molecular weight is 257 g/mol. The largest absolute Gasteiger partial charge is 0.317 e. The highest BCUT2D eigenvalue weighted by atomic mass is 19.1. The number of nitrogens with one attached hydrogen (secondary N) is 1. The third-order valence-corrected chi connectivity index (χ3v) is 3.47. The number of rotatable bonds is 5. The molecule has 0 radical (unpaired) electrons. The van der Waals surface area contributed by atoms with Crippen LogP contribution in [0.2, 0.25) is 0 Å². The summed E-state index contributed by atoms with van der Waals surface area (Å²) in [7, 11) is 1.98. The number of halogens is 1. The highest BCUT2D eigenvalue weighted by molar-refractivity contribution is 5.63. The van der Waals surface area contributed by atoms with E-state index >= 15 is 0 Å². The van der Waals surface area contributed by atoms with E-state index in [-0.39, 0.29) is 5.82 Å². The number of aryl methyl sites for hydroxylation is 1. The predicted octanol–water partition coefficient (Wildman–Crippen LogP) is 4.03. The van der Waals surface area contributed by atoms with Crippen molar-refractivity contribution in [3.63, 3.8) is 0 Å². The van der Waals surface area contributed by atoms with Crippen LogP contribution in [0.4, 0.5) is 4.39 Å².